The number of carbonyl (C=O) groups excluding carboxylic acids is 3. The van der Waals surface area contributed by atoms with Crippen molar-refractivity contribution in [3.05, 3.63) is 142 Å². The fourth-order valence-corrected chi connectivity index (χ4v) is 4.66. The molecule has 0 aliphatic rings. The number of nitrogen functional groups attached to an aromatic ring is 1. The molecule has 0 aliphatic carbocycles. The Bertz CT molecular complexity index is 2070. The Kier molecular flexibility index (Phi) is 10.6. The third-order valence-electron chi connectivity index (χ3n) is 6.98. The van der Waals surface area contributed by atoms with Crippen molar-refractivity contribution in [2.75, 3.05) is 27.1 Å². The van der Waals surface area contributed by atoms with Crippen LogP contribution in [0.25, 0.3) is 32.3 Å². The van der Waals surface area contributed by atoms with Gasteiger partial charge in [0.2, 0.25) is 0 Å². The van der Waals surface area contributed by atoms with Crippen molar-refractivity contribution in [3.63, 3.8) is 0 Å². The van der Waals surface area contributed by atoms with Crippen LogP contribution in [0.3, 0.4) is 0 Å². The Morgan fingerprint density at radius 3 is 1.52 bits per heavy atom. The molecule has 6 aromatic carbocycles. The van der Waals surface area contributed by atoms with Gasteiger partial charge in [0, 0.05) is 17.1 Å². The van der Waals surface area contributed by atoms with Crippen LogP contribution in [-0.2, 0) is 14.2 Å². The fraction of sp³-hybridized carbons (Fsp3) is 0.0833. The molecule has 0 spiro atoms. The van der Waals surface area contributed by atoms with Crippen LogP contribution < -0.4 is 5.73 Å². The summed E-state index contributed by atoms with van der Waals surface area (Å²) in [5, 5.41) is 16.0. The molecule has 0 atom stereocenters. The van der Waals surface area contributed by atoms with E-state index in [1.165, 1.54) is 33.5 Å². The number of methoxy groups -OCH3 is 3. The van der Waals surface area contributed by atoms with E-state index in [-0.39, 0.29) is 17.6 Å². The Morgan fingerprint density at radius 1 is 0.543 bits per heavy atom. The molecule has 2 N–H and O–H groups in total. The Morgan fingerprint density at radius 2 is 0.978 bits per heavy atom. The molecule has 0 heterocycles. The highest BCUT2D eigenvalue weighted by atomic mass is 16.6. The van der Waals surface area contributed by atoms with Crippen molar-refractivity contribution < 1.29 is 33.5 Å². The maximum Gasteiger partial charge on any atom is 0.337 e. The lowest BCUT2D eigenvalue weighted by Crippen LogP contribution is -2.00. The SMILES string of the molecule is COC(=O)c1ccc2c(N)cccc2c1.COC(=O)c1ccc2c([N+](=O)[O-])cccc2c1.COC(=O)c1ccc2ccccc2c1. The molecule has 0 saturated carbocycles. The highest BCUT2D eigenvalue weighted by molar-refractivity contribution is 6.00. The molecule has 6 rings (SSSR count). The summed E-state index contributed by atoms with van der Waals surface area (Å²) in [5.74, 6) is -1.09. The van der Waals surface area contributed by atoms with Gasteiger partial charge in [-0.2, -0.15) is 0 Å². The van der Waals surface area contributed by atoms with Gasteiger partial charge in [0.1, 0.15) is 0 Å². The van der Waals surface area contributed by atoms with Gasteiger partial charge in [-0.15, -0.1) is 0 Å². The number of hydrogen-bond acceptors (Lipinski definition) is 9. The molecule has 6 aromatic rings. The highest BCUT2D eigenvalue weighted by Gasteiger charge is 2.13. The molecule has 0 radical (unpaired) electrons. The molecular formula is C36H30N2O8. The molecule has 0 amide bonds. The van der Waals surface area contributed by atoms with E-state index in [0.29, 0.717) is 33.2 Å². The van der Waals surface area contributed by atoms with Crippen LogP contribution in [0, 0.1) is 10.1 Å². The molecule has 0 bridgehead atoms. The van der Waals surface area contributed by atoms with Gasteiger partial charge in [-0.1, -0.05) is 60.7 Å². The first-order valence-electron chi connectivity index (χ1n) is 13.9. The van der Waals surface area contributed by atoms with E-state index >= 15 is 0 Å². The van der Waals surface area contributed by atoms with Crippen LogP contribution in [-0.4, -0.2) is 44.2 Å². The van der Waals surface area contributed by atoms with Crippen molar-refractivity contribution in [2.45, 2.75) is 0 Å². The fourth-order valence-electron chi connectivity index (χ4n) is 4.66. The normalized spacial score (nSPS) is 10.2. The molecule has 0 fully saturated rings. The van der Waals surface area contributed by atoms with Gasteiger partial charge in [0.15, 0.2) is 0 Å². The number of benzene rings is 6. The minimum absolute atomic E-state index is 0.0268. The molecule has 10 heteroatoms. The van der Waals surface area contributed by atoms with E-state index in [4.69, 9.17) is 5.73 Å². The third-order valence-corrected chi connectivity index (χ3v) is 6.98. The number of fused-ring (bicyclic) bond motifs is 3. The van der Waals surface area contributed by atoms with Gasteiger partial charge in [0.05, 0.1) is 48.3 Å². The lowest BCUT2D eigenvalue weighted by Gasteiger charge is -2.03. The molecule has 46 heavy (non-hydrogen) atoms. The molecule has 0 aliphatic heterocycles. The smallest absolute Gasteiger partial charge is 0.337 e. The minimum atomic E-state index is -0.460. The number of anilines is 1. The van der Waals surface area contributed by atoms with Gasteiger partial charge in [-0.3, -0.25) is 10.1 Å². The zero-order chi connectivity index (χ0) is 33.2. The van der Waals surface area contributed by atoms with Crippen LogP contribution in [0.2, 0.25) is 0 Å². The van der Waals surface area contributed by atoms with Crippen LogP contribution in [0.4, 0.5) is 11.4 Å². The first-order valence-corrected chi connectivity index (χ1v) is 13.9. The maximum atomic E-state index is 11.3. The minimum Gasteiger partial charge on any atom is -0.465 e. The second-order valence-electron chi connectivity index (χ2n) is 9.79. The third kappa shape index (κ3) is 7.61. The van der Waals surface area contributed by atoms with Gasteiger partial charge < -0.3 is 19.9 Å². The monoisotopic (exact) mass is 618 g/mol. The van der Waals surface area contributed by atoms with E-state index in [1.54, 1.807) is 42.5 Å². The number of rotatable bonds is 4. The Balaban J connectivity index is 0.000000157. The average molecular weight is 619 g/mol. The second kappa shape index (κ2) is 14.9. The number of non-ortho nitro benzene ring substituents is 1. The summed E-state index contributed by atoms with van der Waals surface area (Å²) in [6, 6.07) is 33.7. The van der Waals surface area contributed by atoms with E-state index in [9.17, 15) is 24.5 Å². The molecule has 10 nitrogen and oxygen atoms in total. The molecule has 0 unspecified atom stereocenters. The van der Waals surface area contributed by atoms with Crippen molar-refractivity contribution in [3.8, 4) is 0 Å². The topological polar surface area (TPSA) is 148 Å². The summed E-state index contributed by atoms with van der Waals surface area (Å²) >= 11 is 0. The summed E-state index contributed by atoms with van der Waals surface area (Å²) in [6.07, 6.45) is 0. The summed E-state index contributed by atoms with van der Waals surface area (Å²) in [5.41, 5.74) is 8.04. The lowest BCUT2D eigenvalue weighted by atomic mass is 10.1. The number of nitro benzene ring substituents is 1. The van der Waals surface area contributed by atoms with Crippen molar-refractivity contribution in [1.82, 2.24) is 0 Å². The van der Waals surface area contributed by atoms with Crippen LogP contribution >= 0.6 is 0 Å². The van der Waals surface area contributed by atoms with Crippen LogP contribution in [0.1, 0.15) is 31.1 Å². The number of nitrogens with two attached hydrogens (primary N) is 1. The quantitative estimate of drug-likeness (QED) is 0.0703. The number of carbonyl (C=O) groups is 3. The van der Waals surface area contributed by atoms with Gasteiger partial charge in [-0.05, 0) is 70.1 Å². The highest BCUT2D eigenvalue weighted by Crippen LogP contribution is 2.26. The summed E-state index contributed by atoms with van der Waals surface area (Å²) in [4.78, 5) is 44.2. The summed E-state index contributed by atoms with van der Waals surface area (Å²) in [6.45, 7) is 0. The second-order valence-corrected chi connectivity index (χ2v) is 9.79. The van der Waals surface area contributed by atoms with Gasteiger partial charge in [-0.25, -0.2) is 14.4 Å². The lowest BCUT2D eigenvalue weighted by molar-refractivity contribution is -0.383. The van der Waals surface area contributed by atoms with Gasteiger partial charge in [0.25, 0.3) is 5.69 Å². The van der Waals surface area contributed by atoms with Crippen LogP contribution in [0.5, 0.6) is 0 Å². The van der Waals surface area contributed by atoms with Gasteiger partial charge >= 0.3 is 17.9 Å². The Hall–Kier alpha value is -6.29. The molecule has 0 saturated heterocycles. The predicted molar refractivity (Wildman–Crippen MR) is 177 cm³/mol. The van der Waals surface area contributed by atoms with Crippen molar-refractivity contribution in [1.29, 1.82) is 0 Å². The largest absolute Gasteiger partial charge is 0.465 e. The van der Waals surface area contributed by atoms with E-state index < -0.39 is 10.9 Å². The zero-order valence-corrected chi connectivity index (χ0v) is 25.3. The van der Waals surface area contributed by atoms with Crippen molar-refractivity contribution >= 4 is 61.6 Å². The molecule has 0 aromatic heterocycles. The zero-order valence-electron chi connectivity index (χ0n) is 25.3. The first-order chi connectivity index (χ1) is 22.2. The molecular weight excluding hydrogens is 588 g/mol. The van der Waals surface area contributed by atoms with E-state index in [1.807, 2.05) is 60.7 Å². The first kappa shape index (κ1) is 32.6. The number of ether oxygens (including phenoxy) is 3. The van der Waals surface area contributed by atoms with Crippen LogP contribution in [0.15, 0.2) is 115 Å². The Labute approximate surface area is 264 Å². The summed E-state index contributed by atoms with van der Waals surface area (Å²) < 4.78 is 13.9. The summed E-state index contributed by atoms with van der Waals surface area (Å²) in [7, 11) is 4.05. The number of esters is 3. The standard InChI is InChI=1S/C12H9NO4.C12H11NO2.C12H10O2/c1-17-12(14)9-5-6-10-8(7-9)3-2-4-11(10)13(15)16;1-15-12(14)9-5-6-10-8(7-9)3-2-4-11(10)13;1-14-12(13)11-7-6-9-4-2-3-5-10(9)8-11/h2-7H,1H3;2-7H,13H2,1H3;2-8H,1H3. The molecule has 232 valence electrons. The average Bonchev–Trinajstić information content (AvgIpc) is 3.10. The van der Waals surface area contributed by atoms with Crippen molar-refractivity contribution in [2.24, 2.45) is 0 Å². The number of hydrogen-bond donors (Lipinski definition) is 1. The van der Waals surface area contributed by atoms with E-state index in [2.05, 4.69) is 14.2 Å². The maximum absolute atomic E-state index is 11.3. The number of nitro groups is 1. The number of nitrogens with zero attached hydrogens (tertiary/aromatic N) is 1. The predicted octanol–water partition coefficient (Wildman–Crippen LogP) is 7.37. The van der Waals surface area contributed by atoms with E-state index in [0.717, 1.165) is 21.5 Å².